The Balaban J connectivity index is 1.36. The van der Waals surface area contributed by atoms with Gasteiger partial charge in [0.15, 0.2) is 0 Å². The molecule has 0 amide bonds. The van der Waals surface area contributed by atoms with E-state index < -0.39 is 5.41 Å². The molecule has 0 spiro atoms. The summed E-state index contributed by atoms with van der Waals surface area (Å²) in [6.07, 6.45) is 0. The molecule has 8 aromatic rings. The lowest BCUT2D eigenvalue weighted by Crippen LogP contribution is -2.35. The zero-order valence-electron chi connectivity index (χ0n) is 25.1. The van der Waals surface area contributed by atoms with Crippen molar-refractivity contribution in [3.05, 3.63) is 198 Å². The Kier molecular flexibility index (Phi) is 5.82. The van der Waals surface area contributed by atoms with Gasteiger partial charge in [0.1, 0.15) is 0 Å². The molecule has 1 unspecified atom stereocenters. The van der Waals surface area contributed by atoms with Crippen LogP contribution in [-0.4, -0.2) is 4.57 Å². The molecular weight excluding hydrogens is 556 g/mol. The third-order valence-corrected chi connectivity index (χ3v) is 9.72. The van der Waals surface area contributed by atoms with Gasteiger partial charge in [-0.3, -0.25) is 0 Å². The van der Waals surface area contributed by atoms with Gasteiger partial charge in [0, 0.05) is 10.8 Å². The minimum atomic E-state index is -0.567. The quantitative estimate of drug-likeness (QED) is 0.202. The average molecular weight is 585 g/mol. The minimum Gasteiger partial charge on any atom is -0.309 e. The Hall–Kier alpha value is -6.17. The molecule has 2 heteroatoms. The van der Waals surface area contributed by atoms with E-state index in [4.69, 9.17) is 0 Å². The van der Waals surface area contributed by atoms with Gasteiger partial charge in [0.25, 0.3) is 0 Å². The Morgan fingerprint density at radius 2 is 1.02 bits per heavy atom. The Labute approximate surface area is 268 Å². The van der Waals surface area contributed by atoms with Crippen molar-refractivity contribution in [1.29, 1.82) is 5.26 Å². The standard InChI is InChI=1S/C44H28N2/c45-29-30-10-8-13-34(28-30)33-22-26-36(27-23-33)44(35-24-20-32(21-25-35)31-11-2-1-3-12-31)39-16-5-7-19-42(39)46-41-18-6-4-14-37(41)38-15-9-17-40(44)43(38)46/h1-28H. The highest BCUT2D eigenvalue weighted by atomic mass is 15.0. The van der Waals surface area contributed by atoms with Crippen molar-refractivity contribution < 1.29 is 0 Å². The first kappa shape index (κ1) is 26.3. The molecule has 0 saturated carbocycles. The highest BCUT2D eigenvalue weighted by Gasteiger charge is 2.45. The van der Waals surface area contributed by atoms with E-state index in [1.54, 1.807) is 0 Å². The maximum atomic E-state index is 9.52. The summed E-state index contributed by atoms with van der Waals surface area (Å²) >= 11 is 0. The van der Waals surface area contributed by atoms with E-state index in [1.165, 1.54) is 60.9 Å². The number of rotatable bonds is 4. The summed E-state index contributed by atoms with van der Waals surface area (Å²) in [5.74, 6) is 0. The lowest BCUT2D eigenvalue weighted by Gasteiger charge is -2.42. The van der Waals surface area contributed by atoms with E-state index in [0.717, 1.165) is 11.1 Å². The highest BCUT2D eigenvalue weighted by molar-refractivity contribution is 6.12. The van der Waals surface area contributed by atoms with Crippen molar-refractivity contribution in [2.45, 2.75) is 5.41 Å². The van der Waals surface area contributed by atoms with Crippen molar-refractivity contribution >= 4 is 21.8 Å². The molecule has 0 saturated heterocycles. The normalized spacial score (nSPS) is 15.0. The van der Waals surface area contributed by atoms with Gasteiger partial charge >= 0.3 is 0 Å². The number of nitrogens with zero attached hydrogens (tertiary/aromatic N) is 2. The average Bonchev–Trinajstić information content (AvgIpc) is 3.48. The predicted molar refractivity (Wildman–Crippen MR) is 188 cm³/mol. The second kappa shape index (κ2) is 10.2. The molecule has 9 rings (SSSR count). The molecule has 1 aliphatic rings. The van der Waals surface area contributed by atoms with E-state index in [2.05, 4.69) is 162 Å². The maximum absolute atomic E-state index is 9.52. The fourth-order valence-corrected chi connectivity index (χ4v) is 7.72. The van der Waals surface area contributed by atoms with Crippen LogP contribution in [-0.2, 0) is 5.41 Å². The number of para-hydroxylation sites is 3. The summed E-state index contributed by atoms with van der Waals surface area (Å²) in [5.41, 5.74) is 13.3. The van der Waals surface area contributed by atoms with Crippen LogP contribution in [0.5, 0.6) is 0 Å². The van der Waals surface area contributed by atoms with E-state index >= 15 is 0 Å². The van der Waals surface area contributed by atoms with E-state index in [9.17, 15) is 5.26 Å². The Morgan fingerprint density at radius 1 is 0.457 bits per heavy atom. The predicted octanol–water partition coefficient (Wildman–Crippen LogP) is 10.7. The number of aromatic nitrogens is 1. The summed E-state index contributed by atoms with van der Waals surface area (Å²) in [7, 11) is 0. The second-order valence-electron chi connectivity index (χ2n) is 12.0. The minimum absolute atomic E-state index is 0.567. The first-order valence-corrected chi connectivity index (χ1v) is 15.7. The smallest absolute Gasteiger partial charge is 0.0991 e. The van der Waals surface area contributed by atoms with Gasteiger partial charge in [-0.25, -0.2) is 0 Å². The van der Waals surface area contributed by atoms with Crippen molar-refractivity contribution in [3.8, 4) is 34.0 Å². The van der Waals surface area contributed by atoms with Crippen LogP contribution in [0.2, 0.25) is 0 Å². The van der Waals surface area contributed by atoms with Crippen molar-refractivity contribution in [2.75, 3.05) is 0 Å². The van der Waals surface area contributed by atoms with Crippen molar-refractivity contribution in [1.82, 2.24) is 4.57 Å². The summed E-state index contributed by atoms with van der Waals surface area (Å²) in [4.78, 5) is 0. The number of hydrogen-bond donors (Lipinski definition) is 0. The van der Waals surface area contributed by atoms with Crippen LogP contribution >= 0.6 is 0 Å². The fraction of sp³-hybridized carbons (Fsp3) is 0.0227. The Bertz CT molecular complexity index is 2460. The van der Waals surface area contributed by atoms with Gasteiger partial charge in [-0.15, -0.1) is 0 Å². The molecule has 214 valence electrons. The molecular formula is C44H28N2. The zero-order valence-corrected chi connectivity index (χ0v) is 25.1. The Morgan fingerprint density at radius 3 is 1.78 bits per heavy atom. The molecule has 0 fully saturated rings. The van der Waals surface area contributed by atoms with Crippen molar-refractivity contribution in [2.24, 2.45) is 0 Å². The molecule has 2 nitrogen and oxygen atoms in total. The zero-order chi connectivity index (χ0) is 30.7. The summed E-state index contributed by atoms with van der Waals surface area (Å²) in [5, 5.41) is 12.0. The second-order valence-corrected chi connectivity index (χ2v) is 12.0. The van der Waals surface area contributed by atoms with Gasteiger partial charge < -0.3 is 4.57 Å². The van der Waals surface area contributed by atoms with Crippen LogP contribution in [0, 0.1) is 11.3 Å². The molecule has 1 aromatic heterocycles. The van der Waals surface area contributed by atoms with Gasteiger partial charge in [-0.1, -0.05) is 146 Å². The summed E-state index contributed by atoms with van der Waals surface area (Å²) in [6, 6.07) is 63.3. The lowest BCUT2D eigenvalue weighted by molar-refractivity contribution is 0.728. The molecule has 2 heterocycles. The van der Waals surface area contributed by atoms with Gasteiger partial charge in [-0.2, -0.15) is 5.26 Å². The van der Waals surface area contributed by atoms with Crippen LogP contribution in [0.4, 0.5) is 0 Å². The van der Waals surface area contributed by atoms with Crippen molar-refractivity contribution in [3.63, 3.8) is 0 Å². The fourth-order valence-electron chi connectivity index (χ4n) is 7.72. The third-order valence-electron chi connectivity index (χ3n) is 9.72. The molecule has 0 bridgehead atoms. The largest absolute Gasteiger partial charge is 0.309 e. The number of nitriles is 1. The van der Waals surface area contributed by atoms with Gasteiger partial charge in [0.05, 0.1) is 33.8 Å². The SMILES string of the molecule is N#Cc1cccc(-c2ccc(C3(c4ccc(-c5ccccc5)cc4)c4ccccc4-n4c5ccccc5c5cccc3c54)cc2)c1. The van der Waals surface area contributed by atoms with E-state index in [-0.39, 0.29) is 0 Å². The van der Waals surface area contributed by atoms with Crippen LogP contribution in [0.1, 0.15) is 27.8 Å². The van der Waals surface area contributed by atoms with Gasteiger partial charge in [0.2, 0.25) is 0 Å². The number of benzene rings is 7. The summed E-state index contributed by atoms with van der Waals surface area (Å²) in [6.45, 7) is 0. The van der Waals surface area contributed by atoms with Crippen LogP contribution < -0.4 is 0 Å². The van der Waals surface area contributed by atoms with Crippen LogP contribution in [0.3, 0.4) is 0 Å². The highest BCUT2D eigenvalue weighted by Crippen LogP contribution is 2.54. The molecule has 7 aromatic carbocycles. The number of hydrogen-bond acceptors (Lipinski definition) is 1. The first-order chi connectivity index (χ1) is 22.8. The monoisotopic (exact) mass is 584 g/mol. The van der Waals surface area contributed by atoms with E-state index in [1.807, 2.05) is 18.2 Å². The van der Waals surface area contributed by atoms with Crippen LogP contribution in [0.15, 0.2) is 170 Å². The van der Waals surface area contributed by atoms with Crippen LogP contribution in [0.25, 0.3) is 49.7 Å². The molecule has 0 radical (unpaired) electrons. The van der Waals surface area contributed by atoms with Gasteiger partial charge in [-0.05, 0) is 68.8 Å². The summed E-state index contributed by atoms with van der Waals surface area (Å²) < 4.78 is 2.47. The van der Waals surface area contributed by atoms with E-state index in [0.29, 0.717) is 5.56 Å². The molecule has 0 N–H and O–H groups in total. The molecule has 0 aliphatic carbocycles. The molecule has 46 heavy (non-hydrogen) atoms. The lowest BCUT2D eigenvalue weighted by atomic mass is 9.63. The third kappa shape index (κ3) is 3.70. The maximum Gasteiger partial charge on any atom is 0.0991 e. The topological polar surface area (TPSA) is 28.7 Å². The molecule has 1 atom stereocenters. The molecule has 1 aliphatic heterocycles. The number of fused-ring (bicyclic) bond motifs is 5. The first-order valence-electron chi connectivity index (χ1n) is 15.7.